The monoisotopic (exact) mass is 278 g/mol. The highest BCUT2D eigenvalue weighted by atomic mass is 35.5. The highest BCUT2D eigenvalue weighted by Crippen LogP contribution is 2.16. The van der Waals surface area contributed by atoms with Gasteiger partial charge < -0.3 is 5.32 Å². The number of hydrogen-bond donors (Lipinski definition) is 1. The van der Waals surface area contributed by atoms with Crippen molar-refractivity contribution in [3.8, 4) is 0 Å². The first-order valence-corrected chi connectivity index (χ1v) is 6.55. The molecular formula is C13H11ClN2OS. The first-order chi connectivity index (χ1) is 8.65. The molecule has 0 atom stereocenters. The first kappa shape index (κ1) is 12.8. The van der Waals surface area contributed by atoms with Gasteiger partial charge in [-0.2, -0.15) is 0 Å². The summed E-state index contributed by atoms with van der Waals surface area (Å²) in [5, 5.41) is 5.14. The molecule has 0 saturated carbocycles. The number of aromatic nitrogens is 1. The first-order valence-electron chi connectivity index (χ1n) is 5.30. The van der Waals surface area contributed by atoms with Crippen molar-refractivity contribution in [2.24, 2.45) is 0 Å². The molecule has 0 aromatic carbocycles. The number of rotatable bonds is 3. The Labute approximate surface area is 114 Å². The molecule has 1 N–H and O–H groups in total. The van der Waals surface area contributed by atoms with E-state index < -0.39 is 0 Å². The molecule has 5 heteroatoms. The maximum absolute atomic E-state index is 11.6. The molecule has 0 spiro atoms. The third-order valence-electron chi connectivity index (χ3n) is 2.22. The van der Waals surface area contributed by atoms with Crippen molar-refractivity contribution in [1.29, 1.82) is 0 Å². The van der Waals surface area contributed by atoms with E-state index in [1.807, 2.05) is 24.4 Å². The summed E-state index contributed by atoms with van der Waals surface area (Å²) >= 11 is 7.39. The summed E-state index contributed by atoms with van der Waals surface area (Å²) in [7, 11) is 0. The van der Waals surface area contributed by atoms with Gasteiger partial charge in [-0.15, -0.1) is 11.3 Å². The van der Waals surface area contributed by atoms with Crippen LogP contribution in [0.1, 0.15) is 10.4 Å². The smallest absolute Gasteiger partial charge is 0.248 e. The van der Waals surface area contributed by atoms with Gasteiger partial charge in [-0.1, -0.05) is 17.7 Å². The Balaban J connectivity index is 2.01. The molecule has 2 aromatic rings. The van der Waals surface area contributed by atoms with E-state index in [-0.39, 0.29) is 5.91 Å². The Morgan fingerprint density at radius 3 is 3.06 bits per heavy atom. The van der Waals surface area contributed by atoms with E-state index >= 15 is 0 Å². The van der Waals surface area contributed by atoms with Gasteiger partial charge in [0.05, 0.1) is 11.9 Å². The molecule has 0 unspecified atom stereocenters. The van der Waals surface area contributed by atoms with Crippen LogP contribution in [0.5, 0.6) is 0 Å². The molecule has 2 heterocycles. The van der Waals surface area contributed by atoms with Crippen molar-refractivity contribution >= 4 is 40.6 Å². The highest BCUT2D eigenvalue weighted by Gasteiger charge is 2.01. The average molecular weight is 279 g/mol. The lowest BCUT2D eigenvalue weighted by Gasteiger charge is -2.03. The number of thiophene rings is 1. The number of aryl methyl sites for hydroxylation is 1. The lowest BCUT2D eigenvalue weighted by Crippen LogP contribution is -2.08. The number of carbonyl (C=O) groups is 1. The summed E-state index contributed by atoms with van der Waals surface area (Å²) in [4.78, 5) is 16.7. The molecule has 2 aromatic heterocycles. The maximum Gasteiger partial charge on any atom is 0.248 e. The molecule has 92 valence electrons. The fraction of sp³-hybridized carbons (Fsp3) is 0.0769. The number of nitrogens with zero attached hydrogens (tertiary/aromatic N) is 1. The van der Waals surface area contributed by atoms with Crippen LogP contribution in [0.25, 0.3) is 6.08 Å². The van der Waals surface area contributed by atoms with Crippen LogP contribution in [0.15, 0.2) is 35.9 Å². The quantitative estimate of drug-likeness (QED) is 0.686. The molecule has 0 saturated heterocycles. The second-order valence-electron chi connectivity index (χ2n) is 3.67. The lowest BCUT2D eigenvalue weighted by atomic mass is 10.3. The van der Waals surface area contributed by atoms with E-state index in [1.165, 1.54) is 12.3 Å². The van der Waals surface area contributed by atoms with Gasteiger partial charge in [0.2, 0.25) is 5.91 Å². The van der Waals surface area contributed by atoms with Gasteiger partial charge in [0, 0.05) is 11.0 Å². The predicted octanol–water partition coefficient (Wildman–Crippen LogP) is 3.76. The normalized spacial score (nSPS) is 10.8. The third-order valence-corrected chi connectivity index (χ3v) is 3.46. The van der Waals surface area contributed by atoms with Crippen molar-refractivity contribution in [2.45, 2.75) is 6.92 Å². The van der Waals surface area contributed by atoms with Gasteiger partial charge in [0.25, 0.3) is 0 Å². The number of amides is 1. The molecule has 3 nitrogen and oxygen atoms in total. The molecule has 0 aliphatic heterocycles. The van der Waals surface area contributed by atoms with Gasteiger partial charge in [-0.25, -0.2) is 4.98 Å². The van der Waals surface area contributed by atoms with Crippen molar-refractivity contribution in [3.63, 3.8) is 0 Å². The zero-order valence-electron chi connectivity index (χ0n) is 9.68. The molecule has 0 fully saturated rings. The van der Waals surface area contributed by atoms with Gasteiger partial charge in [-0.05, 0) is 36.1 Å². The molecule has 18 heavy (non-hydrogen) atoms. The minimum atomic E-state index is -0.188. The molecule has 2 rings (SSSR count). The van der Waals surface area contributed by atoms with Crippen LogP contribution < -0.4 is 5.32 Å². The molecule has 0 bridgehead atoms. The minimum absolute atomic E-state index is 0.188. The standard InChI is InChI=1S/C13H11ClN2OS/c1-9-7-10(8-15-13(9)14)16-12(17)5-4-11-3-2-6-18-11/h2-8H,1H3,(H,16,17)/b5-4+. The number of hydrogen-bond acceptors (Lipinski definition) is 3. The van der Waals surface area contributed by atoms with E-state index in [9.17, 15) is 4.79 Å². The average Bonchev–Trinajstić information content (AvgIpc) is 2.84. The molecule has 1 amide bonds. The van der Waals surface area contributed by atoms with Crippen LogP contribution >= 0.6 is 22.9 Å². The molecule has 0 aliphatic rings. The number of carbonyl (C=O) groups excluding carboxylic acids is 1. The maximum atomic E-state index is 11.6. The number of halogens is 1. The summed E-state index contributed by atoms with van der Waals surface area (Å²) in [5.41, 5.74) is 1.47. The predicted molar refractivity (Wildman–Crippen MR) is 76.0 cm³/mol. The Kier molecular flexibility index (Phi) is 4.12. The van der Waals surface area contributed by atoms with Crippen molar-refractivity contribution < 1.29 is 4.79 Å². The van der Waals surface area contributed by atoms with Gasteiger partial charge in [0.15, 0.2) is 0 Å². The summed E-state index contributed by atoms with van der Waals surface area (Å²) in [6.07, 6.45) is 4.80. The van der Waals surface area contributed by atoms with Gasteiger partial charge >= 0.3 is 0 Å². The Morgan fingerprint density at radius 1 is 1.56 bits per heavy atom. The van der Waals surface area contributed by atoms with Gasteiger partial charge in [-0.3, -0.25) is 4.79 Å². The summed E-state index contributed by atoms with van der Waals surface area (Å²) in [5.74, 6) is -0.188. The topological polar surface area (TPSA) is 42.0 Å². The Morgan fingerprint density at radius 2 is 2.39 bits per heavy atom. The molecule has 0 radical (unpaired) electrons. The van der Waals surface area contributed by atoms with Crippen LogP contribution in [0.4, 0.5) is 5.69 Å². The van der Waals surface area contributed by atoms with Gasteiger partial charge in [0.1, 0.15) is 5.15 Å². The van der Waals surface area contributed by atoms with Crippen molar-refractivity contribution in [1.82, 2.24) is 4.98 Å². The lowest BCUT2D eigenvalue weighted by molar-refractivity contribution is -0.111. The summed E-state index contributed by atoms with van der Waals surface area (Å²) in [6.45, 7) is 1.84. The van der Waals surface area contributed by atoms with Crippen LogP contribution in [0.3, 0.4) is 0 Å². The molecular weight excluding hydrogens is 268 g/mol. The highest BCUT2D eigenvalue weighted by molar-refractivity contribution is 7.10. The van der Waals surface area contributed by atoms with Crippen LogP contribution in [0, 0.1) is 6.92 Å². The largest absolute Gasteiger partial charge is 0.321 e. The fourth-order valence-corrected chi connectivity index (χ4v) is 2.08. The van der Waals surface area contributed by atoms with Crippen molar-refractivity contribution in [2.75, 3.05) is 5.32 Å². The second kappa shape index (κ2) is 5.80. The second-order valence-corrected chi connectivity index (χ2v) is 5.01. The fourth-order valence-electron chi connectivity index (χ4n) is 1.35. The van der Waals surface area contributed by atoms with Crippen molar-refractivity contribution in [3.05, 3.63) is 51.4 Å². The van der Waals surface area contributed by atoms with Crippen LogP contribution in [-0.4, -0.2) is 10.9 Å². The zero-order chi connectivity index (χ0) is 13.0. The zero-order valence-corrected chi connectivity index (χ0v) is 11.3. The van der Waals surface area contributed by atoms with Crippen LogP contribution in [0.2, 0.25) is 5.15 Å². The van der Waals surface area contributed by atoms with E-state index in [0.717, 1.165) is 10.4 Å². The SMILES string of the molecule is Cc1cc(NC(=O)/C=C/c2cccs2)cnc1Cl. The van der Waals surface area contributed by atoms with E-state index in [2.05, 4.69) is 10.3 Å². The number of pyridine rings is 1. The Hall–Kier alpha value is -1.65. The molecule has 0 aliphatic carbocycles. The third kappa shape index (κ3) is 3.42. The Bertz CT molecular complexity index is 579. The van der Waals surface area contributed by atoms with E-state index in [0.29, 0.717) is 10.8 Å². The number of nitrogens with one attached hydrogen (secondary N) is 1. The van der Waals surface area contributed by atoms with Crippen LogP contribution in [-0.2, 0) is 4.79 Å². The summed E-state index contributed by atoms with van der Waals surface area (Å²) < 4.78 is 0. The number of anilines is 1. The summed E-state index contributed by atoms with van der Waals surface area (Å²) in [6, 6.07) is 5.67. The minimum Gasteiger partial charge on any atom is -0.321 e. The van der Waals surface area contributed by atoms with E-state index in [1.54, 1.807) is 23.5 Å². The van der Waals surface area contributed by atoms with E-state index in [4.69, 9.17) is 11.6 Å².